The predicted molar refractivity (Wildman–Crippen MR) is 84.6 cm³/mol. The van der Waals surface area contributed by atoms with Gasteiger partial charge in [0.15, 0.2) is 9.84 Å². The van der Waals surface area contributed by atoms with E-state index in [1.54, 1.807) is 24.3 Å². The van der Waals surface area contributed by atoms with Crippen molar-refractivity contribution in [2.24, 2.45) is 0 Å². The second-order valence-electron chi connectivity index (χ2n) is 5.75. The van der Waals surface area contributed by atoms with Gasteiger partial charge in [0.2, 0.25) is 5.78 Å². The molecule has 1 aliphatic rings. The lowest BCUT2D eigenvalue weighted by molar-refractivity contribution is -0.128. The number of ketones is 1. The molecule has 1 unspecified atom stereocenters. The van der Waals surface area contributed by atoms with Crippen LogP contribution in [0.3, 0.4) is 0 Å². The van der Waals surface area contributed by atoms with Crippen molar-refractivity contribution in [2.75, 3.05) is 18.1 Å². The van der Waals surface area contributed by atoms with E-state index in [1.807, 2.05) is 13.8 Å². The zero-order chi connectivity index (χ0) is 16.3. The van der Waals surface area contributed by atoms with E-state index in [4.69, 9.17) is 0 Å². The number of amides is 1. The molecule has 0 bridgehead atoms. The lowest BCUT2D eigenvalue weighted by Crippen LogP contribution is -2.45. The molecule has 0 radical (unpaired) electrons. The molecule has 0 spiro atoms. The molecule has 22 heavy (non-hydrogen) atoms. The Bertz CT molecular complexity index is 664. The van der Waals surface area contributed by atoms with Gasteiger partial charge in [-0.1, -0.05) is 36.8 Å². The van der Waals surface area contributed by atoms with Gasteiger partial charge in [-0.15, -0.1) is 0 Å². The molecule has 6 heteroatoms. The molecule has 1 heterocycles. The van der Waals surface area contributed by atoms with Gasteiger partial charge in [0.25, 0.3) is 5.91 Å². The summed E-state index contributed by atoms with van der Waals surface area (Å²) in [6.45, 7) is 4.21. The molecule has 120 valence electrons. The molecule has 1 atom stereocenters. The summed E-state index contributed by atoms with van der Waals surface area (Å²) in [6.07, 6.45) is 1.10. The van der Waals surface area contributed by atoms with Crippen LogP contribution in [-0.4, -0.2) is 49.1 Å². The zero-order valence-corrected chi connectivity index (χ0v) is 13.7. The minimum Gasteiger partial charge on any atom is -0.332 e. The summed E-state index contributed by atoms with van der Waals surface area (Å²) >= 11 is 0. The average Bonchev–Trinajstić information content (AvgIpc) is 2.84. The van der Waals surface area contributed by atoms with Crippen molar-refractivity contribution in [1.29, 1.82) is 0 Å². The summed E-state index contributed by atoms with van der Waals surface area (Å²) in [5.41, 5.74) is 1.36. The number of sulfone groups is 1. The van der Waals surface area contributed by atoms with Crippen LogP contribution in [0.4, 0.5) is 0 Å². The quantitative estimate of drug-likeness (QED) is 0.609. The summed E-state index contributed by atoms with van der Waals surface area (Å²) in [7, 11) is -3.09. The predicted octanol–water partition coefficient (Wildman–Crippen LogP) is 1.60. The molecule has 1 aliphatic heterocycles. The molecule has 0 N–H and O–H groups in total. The van der Waals surface area contributed by atoms with Crippen molar-refractivity contribution < 1.29 is 18.0 Å². The van der Waals surface area contributed by atoms with Crippen molar-refractivity contribution in [3.63, 3.8) is 0 Å². The highest BCUT2D eigenvalue weighted by Crippen LogP contribution is 2.19. The van der Waals surface area contributed by atoms with E-state index in [2.05, 4.69) is 0 Å². The van der Waals surface area contributed by atoms with Crippen molar-refractivity contribution in [3.05, 3.63) is 35.4 Å². The van der Waals surface area contributed by atoms with Crippen molar-refractivity contribution in [2.45, 2.75) is 32.7 Å². The third-order valence-corrected chi connectivity index (χ3v) is 5.63. The van der Waals surface area contributed by atoms with Crippen LogP contribution in [0.2, 0.25) is 0 Å². The van der Waals surface area contributed by atoms with Gasteiger partial charge >= 0.3 is 0 Å². The number of carbonyl (C=O) groups is 2. The fraction of sp³-hybridized carbons (Fsp3) is 0.500. The highest BCUT2D eigenvalue weighted by atomic mass is 32.2. The minimum absolute atomic E-state index is 0.0417. The van der Waals surface area contributed by atoms with Crippen molar-refractivity contribution in [1.82, 2.24) is 4.90 Å². The summed E-state index contributed by atoms with van der Waals surface area (Å²) in [4.78, 5) is 26.3. The maximum atomic E-state index is 12.5. The highest BCUT2D eigenvalue weighted by molar-refractivity contribution is 7.91. The van der Waals surface area contributed by atoms with Crippen LogP contribution < -0.4 is 0 Å². The maximum Gasteiger partial charge on any atom is 0.295 e. The number of aryl methyl sites for hydroxylation is 1. The van der Waals surface area contributed by atoms with Gasteiger partial charge in [0.05, 0.1) is 11.5 Å². The van der Waals surface area contributed by atoms with E-state index in [0.29, 0.717) is 24.9 Å². The Labute approximate surface area is 131 Å². The molecule has 0 aromatic heterocycles. The Morgan fingerprint density at radius 2 is 1.86 bits per heavy atom. The first-order valence-corrected chi connectivity index (χ1v) is 9.28. The fourth-order valence-corrected chi connectivity index (χ4v) is 4.40. The number of carbonyl (C=O) groups excluding carboxylic acids is 2. The van der Waals surface area contributed by atoms with Crippen molar-refractivity contribution in [3.8, 4) is 0 Å². The Balaban J connectivity index is 2.19. The fourth-order valence-electron chi connectivity index (χ4n) is 2.67. The maximum absolute atomic E-state index is 12.5. The normalized spacial score (nSPS) is 19.8. The summed E-state index contributed by atoms with van der Waals surface area (Å²) in [6, 6.07) is 6.44. The molecule has 1 saturated heterocycles. The third kappa shape index (κ3) is 3.74. The van der Waals surface area contributed by atoms with Crippen LogP contribution in [0.5, 0.6) is 0 Å². The van der Waals surface area contributed by atoms with E-state index in [9.17, 15) is 18.0 Å². The van der Waals surface area contributed by atoms with Gasteiger partial charge in [-0.25, -0.2) is 8.42 Å². The van der Waals surface area contributed by atoms with Gasteiger partial charge in [-0.05, 0) is 19.8 Å². The largest absolute Gasteiger partial charge is 0.332 e. The van der Waals surface area contributed by atoms with Gasteiger partial charge in [-0.3, -0.25) is 9.59 Å². The molecule has 5 nitrogen and oxygen atoms in total. The monoisotopic (exact) mass is 323 g/mol. The van der Waals surface area contributed by atoms with E-state index in [0.717, 1.165) is 5.56 Å². The van der Waals surface area contributed by atoms with Crippen LogP contribution in [-0.2, 0) is 14.6 Å². The SMILES string of the molecule is CCCN(C(=O)C(=O)c1ccc(C)cc1)C1CCS(=O)(=O)C1. The van der Waals surface area contributed by atoms with Crippen LogP contribution in [0.1, 0.15) is 35.7 Å². The lowest BCUT2D eigenvalue weighted by atomic mass is 10.1. The van der Waals surface area contributed by atoms with E-state index in [1.165, 1.54) is 4.90 Å². The first-order valence-electron chi connectivity index (χ1n) is 7.46. The number of rotatable bonds is 5. The van der Waals surface area contributed by atoms with Crippen LogP contribution in [0, 0.1) is 6.92 Å². The van der Waals surface area contributed by atoms with Gasteiger partial charge < -0.3 is 4.90 Å². The van der Waals surface area contributed by atoms with Crippen molar-refractivity contribution >= 4 is 21.5 Å². The highest BCUT2D eigenvalue weighted by Gasteiger charge is 2.36. The average molecular weight is 323 g/mol. The van der Waals surface area contributed by atoms with Gasteiger partial charge in [-0.2, -0.15) is 0 Å². The Morgan fingerprint density at radius 1 is 1.23 bits per heavy atom. The Hall–Kier alpha value is -1.69. The molecule has 1 fully saturated rings. The van der Waals surface area contributed by atoms with Gasteiger partial charge in [0.1, 0.15) is 0 Å². The first kappa shape index (κ1) is 16.7. The standard InChI is InChI=1S/C16H21NO4S/c1-3-9-17(14-8-10-22(20,21)11-14)16(19)15(18)13-6-4-12(2)5-7-13/h4-7,14H,3,8-11H2,1-2H3. The molecule has 0 aliphatic carbocycles. The third-order valence-electron chi connectivity index (χ3n) is 3.88. The summed E-state index contributed by atoms with van der Waals surface area (Å²) in [5, 5.41) is 0. The number of hydrogen-bond donors (Lipinski definition) is 0. The molecular weight excluding hydrogens is 302 g/mol. The van der Waals surface area contributed by atoms with Gasteiger partial charge in [0, 0.05) is 18.2 Å². The van der Waals surface area contributed by atoms with E-state index in [-0.39, 0.29) is 17.5 Å². The zero-order valence-electron chi connectivity index (χ0n) is 12.9. The molecule has 0 saturated carbocycles. The number of Topliss-reactive ketones (excluding diaryl/α,β-unsaturated/α-hetero) is 1. The minimum atomic E-state index is -3.09. The summed E-state index contributed by atoms with van der Waals surface area (Å²) < 4.78 is 23.3. The van der Waals surface area contributed by atoms with Crippen LogP contribution in [0.25, 0.3) is 0 Å². The second-order valence-corrected chi connectivity index (χ2v) is 7.98. The summed E-state index contributed by atoms with van der Waals surface area (Å²) in [5.74, 6) is -1.13. The van der Waals surface area contributed by atoms with Crippen LogP contribution >= 0.6 is 0 Å². The Morgan fingerprint density at radius 3 is 2.36 bits per heavy atom. The molecule has 1 aromatic carbocycles. The number of hydrogen-bond acceptors (Lipinski definition) is 4. The number of nitrogens with zero attached hydrogens (tertiary/aromatic N) is 1. The second kappa shape index (κ2) is 6.60. The lowest BCUT2D eigenvalue weighted by Gasteiger charge is -2.27. The topological polar surface area (TPSA) is 71.5 Å². The molecular formula is C16H21NO4S. The Kier molecular flexibility index (Phi) is 5.01. The van der Waals surface area contributed by atoms with E-state index >= 15 is 0 Å². The molecule has 1 aromatic rings. The first-order chi connectivity index (χ1) is 10.3. The van der Waals surface area contributed by atoms with Crippen LogP contribution in [0.15, 0.2) is 24.3 Å². The smallest absolute Gasteiger partial charge is 0.295 e. The molecule has 1 amide bonds. The molecule has 2 rings (SSSR count). The van der Waals surface area contributed by atoms with E-state index < -0.39 is 21.5 Å². The number of benzene rings is 1.